The van der Waals surface area contributed by atoms with Gasteiger partial charge in [-0.25, -0.2) is 14.4 Å². The summed E-state index contributed by atoms with van der Waals surface area (Å²) in [4.78, 5) is 26.1. The molecule has 36 heavy (non-hydrogen) atoms. The number of hydrogen-bond donors (Lipinski definition) is 1. The van der Waals surface area contributed by atoms with E-state index in [2.05, 4.69) is 25.4 Å². The molecule has 0 amide bonds. The Labute approximate surface area is 206 Å². The van der Waals surface area contributed by atoms with Crippen LogP contribution in [-0.4, -0.2) is 35.3 Å². The number of ether oxygens (including phenoxy) is 1. The van der Waals surface area contributed by atoms with E-state index in [1.165, 1.54) is 16.8 Å². The maximum Gasteiger partial charge on any atom is 0.264 e. The van der Waals surface area contributed by atoms with Gasteiger partial charge in [-0.1, -0.05) is 6.07 Å². The van der Waals surface area contributed by atoms with Gasteiger partial charge in [-0.3, -0.25) is 19.0 Å². The molecule has 0 saturated heterocycles. The van der Waals surface area contributed by atoms with Gasteiger partial charge in [0.05, 0.1) is 28.7 Å². The highest BCUT2D eigenvalue weighted by Crippen LogP contribution is 2.31. The van der Waals surface area contributed by atoms with Gasteiger partial charge in [-0.05, 0) is 32.0 Å². The third-order valence-corrected chi connectivity index (χ3v) is 5.57. The van der Waals surface area contributed by atoms with Crippen molar-refractivity contribution in [3.63, 3.8) is 0 Å². The molecule has 1 aromatic carbocycles. The fourth-order valence-corrected chi connectivity index (χ4v) is 3.78. The Balaban J connectivity index is 1.45. The Morgan fingerprint density at radius 3 is 2.61 bits per heavy atom. The zero-order valence-corrected chi connectivity index (χ0v) is 20.2. The molecule has 0 saturated carbocycles. The van der Waals surface area contributed by atoms with Crippen molar-refractivity contribution >= 4 is 16.9 Å². The second-order valence-electron chi connectivity index (χ2n) is 8.71. The van der Waals surface area contributed by atoms with Gasteiger partial charge in [0.15, 0.2) is 11.6 Å². The highest BCUT2D eigenvalue weighted by Gasteiger charge is 2.14. The van der Waals surface area contributed by atoms with Crippen LogP contribution in [-0.2, 0) is 14.1 Å². The molecule has 0 aliphatic rings. The normalized spacial score (nSPS) is 11.3. The number of aromatic nitrogens is 6. The zero-order chi connectivity index (χ0) is 25.4. The van der Waals surface area contributed by atoms with E-state index in [-0.39, 0.29) is 17.4 Å². The lowest BCUT2D eigenvalue weighted by Gasteiger charge is -2.13. The predicted molar refractivity (Wildman–Crippen MR) is 135 cm³/mol. The number of nitrogens with one attached hydrogen (secondary N) is 1. The molecule has 0 aliphatic carbocycles. The Morgan fingerprint density at radius 2 is 1.86 bits per heavy atom. The van der Waals surface area contributed by atoms with Crippen molar-refractivity contribution in [1.82, 2.24) is 29.3 Å². The van der Waals surface area contributed by atoms with Crippen LogP contribution in [0.4, 0.5) is 10.3 Å². The van der Waals surface area contributed by atoms with Gasteiger partial charge < -0.3 is 10.1 Å². The van der Waals surface area contributed by atoms with E-state index >= 15 is 4.39 Å². The first-order valence-electron chi connectivity index (χ1n) is 11.3. The summed E-state index contributed by atoms with van der Waals surface area (Å²) < 4.78 is 24.0. The van der Waals surface area contributed by atoms with Crippen LogP contribution in [0.2, 0.25) is 0 Å². The van der Waals surface area contributed by atoms with Crippen molar-refractivity contribution in [3.8, 4) is 34.0 Å². The largest absolute Gasteiger partial charge is 0.454 e. The molecule has 4 heterocycles. The topological polar surface area (TPSA) is 99.8 Å². The Bertz CT molecular complexity index is 1640. The quantitative estimate of drug-likeness (QED) is 0.377. The number of pyridine rings is 2. The van der Waals surface area contributed by atoms with Crippen molar-refractivity contribution in [1.29, 1.82) is 0 Å². The van der Waals surface area contributed by atoms with Crippen LogP contribution in [0.25, 0.3) is 33.4 Å². The molecular weight excluding hydrogens is 461 g/mol. The summed E-state index contributed by atoms with van der Waals surface area (Å²) in [6, 6.07) is 9.87. The number of hydrogen-bond acceptors (Lipinski definition) is 7. The molecule has 1 N–H and O–H groups in total. The van der Waals surface area contributed by atoms with E-state index in [1.54, 1.807) is 54.5 Å². The first kappa shape index (κ1) is 23.2. The predicted octanol–water partition coefficient (Wildman–Crippen LogP) is 4.54. The van der Waals surface area contributed by atoms with Gasteiger partial charge in [0.25, 0.3) is 5.56 Å². The Morgan fingerprint density at radius 1 is 1.03 bits per heavy atom. The van der Waals surface area contributed by atoms with Gasteiger partial charge >= 0.3 is 0 Å². The minimum atomic E-state index is -0.575. The van der Waals surface area contributed by atoms with Crippen LogP contribution in [0.3, 0.4) is 0 Å². The van der Waals surface area contributed by atoms with Crippen molar-refractivity contribution < 1.29 is 9.13 Å². The van der Waals surface area contributed by atoms with Crippen LogP contribution < -0.4 is 15.6 Å². The number of anilines is 1. The first-order valence-corrected chi connectivity index (χ1v) is 11.3. The molecular formula is C26H24FN7O2. The van der Waals surface area contributed by atoms with Crippen LogP contribution >= 0.6 is 0 Å². The molecule has 0 spiro atoms. The first-order chi connectivity index (χ1) is 17.3. The lowest BCUT2D eigenvalue weighted by molar-refractivity contribution is 0.443. The number of nitrogens with zero attached hydrogens (tertiary/aromatic N) is 6. The highest BCUT2D eigenvalue weighted by atomic mass is 19.1. The summed E-state index contributed by atoms with van der Waals surface area (Å²) in [6.45, 7) is 3.93. The van der Waals surface area contributed by atoms with Gasteiger partial charge in [0.1, 0.15) is 5.75 Å². The monoisotopic (exact) mass is 485 g/mol. The lowest BCUT2D eigenvalue weighted by Crippen LogP contribution is -2.25. The molecule has 5 rings (SSSR count). The van der Waals surface area contributed by atoms with Crippen molar-refractivity contribution in [2.45, 2.75) is 19.9 Å². The van der Waals surface area contributed by atoms with Crippen LogP contribution in [0.5, 0.6) is 11.5 Å². The summed E-state index contributed by atoms with van der Waals surface area (Å²) in [6.07, 6.45) is 6.62. The van der Waals surface area contributed by atoms with Gasteiger partial charge in [-0.2, -0.15) is 5.10 Å². The molecule has 0 aliphatic heterocycles. The van der Waals surface area contributed by atoms with Crippen LogP contribution in [0.1, 0.15) is 13.8 Å². The van der Waals surface area contributed by atoms with E-state index < -0.39 is 5.82 Å². The molecule has 10 heteroatoms. The van der Waals surface area contributed by atoms with E-state index in [0.29, 0.717) is 39.6 Å². The van der Waals surface area contributed by atoms with Crippen LogP contribution in [0.15, 0.2) is 66.0 Å². The van der Waals surface area contributed by atoms with Crippen molar-refractivity contribution in [2.24, 2.45) is 14.1 Å². The second kappa shape index (κ2) is 9.21. The standard InChI is InChI=1S/C26H24FN7O2/c1-15(2)31-26-29-13-19(25(35)34(26)4)21-6-5-16-9-24(20(27)11-23(16)32-21)36-18-7-8-28-22(10-18)17-12-30-33(3)14-17/h5-15H,1-4H3,(H,29,31). The molecule has 0 unspecified atom stereocenters. The van der Waals surface area contributed by atoms with E-state index in [4.69, 9.17) is 4.74 Å². The smallest absolute Gasteiger partial charge is 0.264 e. The minimum Gasteiger partial charge on any atom is -0.454 e. The number of halogens is 1. The molecule has 182 valence electrons. The molecule has 9 nitrogen and oxygen atoms in total. The van der Waals surface area contributed by atoms with Gasteiger partial charge in [-0.15, -0.1) is 0 Å². The van der Waals surface area contributed by atoms with E-state index in [9.17, 15) is 4.79 Å². The molecule has 0 atom stereocenters. The summed E-state index contributed by atoms with van der Waals surface area (Å²) >= 11 is 0. The molecule has 0 radical (unpaired) electrons. The molecule has 0 fully saturated rings. The van der Waals surface area contributed by atoms with E-state index in [0.717, 1.165) is 5.56 Å². The van der Waals surface area contributed by atoms with Gasteiger partial charge in [0, 0.05) is 61.8 Å². The van der Waals surface area contributed by atoms with Crippen molar-refractivity contribution in [3.05, 3.63) is 77.4 Å². The summed E-state index contributed by atoms with van der Waals surface area (Å²) in [5, 5.41) is 7.95. The highest BCUT2D eigenvalue weighted by molar-refractivity contribution is 5.83. The molecule has 0 bridgehead atoms. The van der Waals surface area contributed by atoms with Crippen LogP contribution in [0, 0.1) is 5.82 Å². The maximum absolute atomic E-state index is 15.0. The summed E-state index contributed by atoms with van der Waals surface area (Å²) in [5.74, 6) is 0.392. The van der Waals surface area contributed by atoms with E-state index in [1.807, 2.05) is 27.1 Å². The summed E-state index contributed by atoms with van der Waals surface area (Å²) in [5.41, 5.74) is 2.38. The number of rotatable bonds is 6. The Hall–Kier alpha value is -4.60. The number of aryl methyl sites for hydroxylation is 1. The number of fused-ring (bicyclic) bond motifs is 1. The SMILES string of the molecule is CC(C)Nc1ncc(-c2ccc3cc(Oc4ccnc(-c5cnn(C)c5)c4)c(F)cc3n2)c(=O)n1C. The minimum absolute atomic E-state index is 0.0575. The molecule has 5 aromatic rings. The van der Waals surface area contributed by atoms with Gasteiger partial charge in [0.2, 0.25) is 5.95 Å². The number of benzene rings is 1. The summed E-state index contributed by atoms with van der Waals surface area (Å²) in [7, 11) is 3.47. The third-order valence-electron chi connectivity index (χ3n) is 5.57. The average Bonchev–Trinajstić information content (AvgIpc) is 3.29. The second-order valence-corrected chi connectivity index (χ2v) is 8.71. The maximum atomic E-state index is 15.0. The molecule has 4 aromatic heterocycles. The lowest BCUT2D eigenvalue weighted by atomic mass is 10.1. The fourth-order valence-electron chi connectivity index (χ4n) is 3.78. The third kappa shape index (κ3) is 4.52. The van der Waals surface area contributed by atoms with Crippen molar-refractivity contribution in [2.75, 3.05) is 5.32 Å². The fraction of sp³-hybridized carbons (Fsp3) is 0.192. The Kier molecular flexibility index (Phi) is 5.93. The zero-order valence-electron chi connectivity index (χ0n) is 20.2. The average molecular weight is 486 g/mol.